The zero-order valence-corrected chi connectivity index (χ0v) is 18.1. The third-order valence-electron chi connectivity index (χ3n) is 4.73. The van der Waals surface area contributed by atoms with Crippen LogP contribution >= 0.6 is 0 Å². The molecule has 0 bridgehead atoms. The van der Waals surface area contributed by atoms with Gasteiger partial charge in [-0.1, -0.05) is 77.9 Å². The standard InChI is InChI=1S/C23H42O4/c1-5-6-7-8-9-10-11-12-13-14-15-16-19-26-22(24)17-18-23(25)27-21(4)20(2)3/h14-15,20-21H,5-13,16-19H2,1-4H3/b15-14+. The maximum absolute atomic E-state index is 11.6. The van der Waals surface area contributed by atoms with E-state index >= 15 is 0 Å². The average Bonchev–Trinajstić information content (AvgIpc) is 2.63. The van der Waals surface area contributed by atoms with Crippen LogP contribution in [-0.2, 0) is 19.1 Å². The maximum atomic E-state index is 11.6. The molecule has 0 spiro atoms. The second-order valence-electron chi connectivity index (χ2n) is 7.68. The van der Waals surface area contributed by atoms with Gasteiger partial charge in [-0.25, -0.2) is 0 Å². The van der Waals surface area contributed by atoms with E-state index in [4.69, 9.17) is 9.47 Å². The van der Waals surface area contributed by atoms with Crippen LogP contribution in [0.5, 0.6) is 0 Å². The molecular weight excluding hydrogens is 340 g/mol. The second-order valence-corrected chi connectivity index (χ2v) is 7.68. The van der Waals surface area contributed by atoms with Crippen molar-refractivity contribution in [3.05, 3.63) is 12.2 Å². The van der Waals surface area contributed by atoms with Gasteiger partial charge in [0.1, 0.15) is 6.10 Å². The molecule has 0 aromatic heterocycles. The van der Waals surface area contributed by atoms with E-state index < -0.39 is 0 Å². The van der Waals surface area contributed by atoms with Gasteiger partial charge in [-0.15, -0.1) is 0 Å². The number of esters is 2. The van der Waals surface area contributed by atoms with Crippen molar-refractivity contribution in [2.45, 2.75) is 111 Å². The molecule has 4 nitrogen and oxygen atoms in total. The van der Waals surface area contributed by atoms with Crippen molar-refractivity contribution >= 4 is 11.9 Å². The van der Waals surface area contributed by atoms with Crippen LogP contribution in [0.2, 0.25) is 0 Å². The molecule has 4 heteroatoms. The fraction of sp³-hybridized carbons (Fsp3) is 0.826. The van der Waals surface area contributed by atoms with Crippen molar-refractivity contribution in [2.75, 3.05) is 6.61 Å². The molecule has 1 unspecified atom stereocenters. The summed E-state index contributed by atoms with van der Waals surface area (Å²) in [4.78, 5) is 23.2. The number of carbonyl (C=O) groups excluding carboxylic acids is 2. The largest absolute Gasteiger partial charge is 0.465 e. The molecule has 0 radical (unpaired) electrons. The Morgan fingerprint density at radius 2 is 1.33 bits per heavy atom. The first-order valence-electron chi connectivity index (χ1n) is 11.0. The molecule has 0 heterocycles. The Bertz CT molecular complexity index is 401. The lowest BCUT2D eigenvalue weighted by Crippen LogP contribution is -2.20. The normalized spacial score (nSPS) is 12.5. The number of hydrogen-bond acceptors (Lipinski definition) is 4. The van der Waals surface area contributed by atoms with Gasteiger partial charge in [0.15, 0.2) is 0 Å². The molecule has 0 aliphatic carbocycles. The number of carbonyl (C=O) groups is 2. The summed E-state index contributed by atoms with van der Waals surface area (Å²) in [5, 5.41) is 0. The third-order valence-corrected chi connectivity index (χ3v) is 4.73. The minimum Gasteiger partial charge on any atom is -0.465 e. The molecule has 0 amide bonds. The van der Waals surface area contributed by atoms with Crippen molar-refractivity contribution < 1.29 is 19.1 Å². The van der Waals surface area contributed by atoms with Crippen molar-refractivity contribution in [2.24, 2.45) is 5.92 Å². The fourth-order valence-electron chi connectivity index (χ4n) is 2.55. The number of hydrogen-bond donors (Lipinski definition) is 0. The van der Waals surface area contributed by atoms with Crippen LogP contribution < -0.4 is 0 Å². The van der Waals surface area contributed by atoms with Gasteiger partial charge in [0.2, 0.25) is 0 Å². The summed E-state index contributed by atoms with van der Waals surface area (Å²) in [5.41, 5.74) is 0. The second kappa shape index (κ2) is 18.1. The lowest BCUT2D eigenvalue weighted by atomic mass is 10.1. The highest BCUT2D eigenvalue weighted by molar-refractivity contribution is 5.77. The van der Waals surface area contributed by atoms with Crippen LogP contribution in [0.3, 0.4) is 0 Å². The van der Waals surface area contributed by atoms with Gasteiger partial charge in [0.05, 0.1) is 19.4 Å². The number of rotatable bonds is 17. The zero-order chi connectivity index (χ0) is 20.3. The minimum absolute atomic E-state index is 0.0875. The van der Waals surface area contributed by atoms with Gasteiger partial charge in [-0.2, -0.15) is 0 Å². The maximum Gasteiger partial charge on any atom is 0.306 e. The van der Waals surface area contributed by atoms with Crippen LogP contribution in [-0.4, -0.2) is 24.6 Å². The smallest absolute Gasteiger partial charge is 0.306 e. The first-order valence-corrected chi connectivity index (χ1v) is 11.0. The lowest BCUT2D eigenvalue weighted by Gasteiger charge is -2.16. The van der Waals surface area contributed by atoms with Crippen LogP contribution in [0.25, 0.3) is 0 Å². The van der Waals surface area contributed by atoms with Gasteiger partial charge >= 0.3 is 11.9 Å². The summed E-state index contributed by atoms with van der Waals surface area (Å²) >= 11 is 0. The topological polar surface area (TPSA) is 52.6 Å². The minimum atomic E-state index is -0.335. The van der Waals surface area contributed by atoms with Crippen LogP contribution in [0.4, 0.5) is 0 Å². The Morgan fingerprint density at radius 3 is 1.96 bits per heavy atom. The number of allylic oxidation sites excluding steroid dienone is 1. The fourth-order valence-corrected chi connectivity index (χ4v) is 2.55. The van der Waals surface area contributed by atoms with Gasteiger partial charge in [-0.3, -0.25) is 9.59 Å². The first-order chi connectivity index (χ1) is 13.0. The predicted molar refractivity (Wildman–Crippen MR) is 112 cm³/mol. The summed E-state index contributed by atoms with van der Waals surface area (Å²) in [5.74, 6) is -0.391. The Hall–Kier alpha value is -1.32. The molecule has 0 saturated heterocycles. The van der Waals surface area contributed by atoms with Crippen LogP contribution in [0, 0.1) is 5.92 Å². The summed E-state index contributed by atoms with van der Waals surface area (Å²) in [6.45, 7) is 8.48. The van der Waals surface area contributed by atoms with E-state index in [-0.39, 0.29) is 36.8 Å². The highest BCUT2D eigenvalue weighted by Gasteiger charge is 2.14. The van der Waals surface area contributed by atoms with Crippen molar-refractivity contribution in [3.63, 3.8) is 0 Å². The van der Waals surface area contributed by atoms with Crippen molar-refractivity contribution in [1.29, 1.82) is 0 Å². The van der Waals surface area contributed by atoms with Gasteiger partial charge in [0, 0.05) is 0 Å². The highest BCUT2D eigenvalue weighted by Crippen LogP contribution is 2.10. The molecule has 0 rings (SSSR count). The van der Waals surface area contributed by atoms with E-state index in [9.17, 15) is 9.59 Å². The summed E-state index contributed by atoms with van der Waals surface area (Å²) < 4.78 is 10.4. The van der Waals surface area contributed by atoms with E-state index in [0.717, 1.165) is 12.8 Å². The molecule has 1 atom stereocenters. The number of unbranched alkanes of at least 4 members (excludes halogenated alkanes) is 8. The van der Waals surface area contributed by atoms with E-state index in [1.807, 2.05) is 20.8 Å². The Kier molecular flexibility index (Phi) is 17.2. The van der Waals surface area contributed by atoms with E-state index in [0.29, 0.717) is 6.61 Å². The molecule has 0 N–H and O–H groups in total. The molecule has 0 aliphatic heterocycles. The van der Waals surface area contributed by atoms with E-state index in [2.05, 4.69) is 19.1 Å². The molecular formula is C23H42O4. The predicted octanol–water partition coefficient (Wildman–Crippen LogP) is 6.37. The molecule has 158 valence electrons. The van der Waals surface area contributed by atoms with Crippen LogP contribution in [0.15, 0.2) is 12.2 Å². The molecule has 0 aliphatic rings. The van der Waals surface area contributed by atoms with Gasteiger partial charge in [0.25, 0.3) is 0 Å². The molecule has 0 saturated carbocycles. The van der Waals surface area contributed by atoms with E-state index in [1.165, 1.54) is 51.4 Å². The molecule has 0 aromatic rings. The molecule has 0 aromatic carbocycles. The Balaban J connectivity index is 3.46. The Labute approximate surface area is 167 Å². The van der Waals surface area contributed by atoms with Crippen LogP contribution in [0.1, 0.15) is 105 Å². The van der Waals surface area contributed by atoms with E-state index in [1.54, 1.807) is 0 Å². The SMILES string of the molecule is CCCCCCCCCC/C=C/CCOC(=O)CCC(=O)OC(C)C(C)C. The average molecular weight is 383 g/mol. The molecule has 0 fully saturated rings. The summed E-state index contributed by atoms with van der Waals surface area (Å²) in [7, 11) is 0. The zero-order valence-electron chi connectivity index (χ0n) is 18.1. The number of ether oxygens (including phenoxy) is 2. The van der Waals surface area contributed by atoms with Crippen molar-refractivity contribution in [1.82, 2.24) is 0 Å². The highest BCUT2D eigenvalue weighted by atomic mass is 16.5. The lowest BCUT2D eigenvalue weighted by molar-refractivity contribution is -0.154. The Morgan fingerprint density at radius 1 is 0.778 bits per heavy atom. The monoisotopic (exact) mass is 382 g/mol. The summed E-state index contributed by atoms with van der Waals surface area (Å²) in [6, 6.07) is 0. The summed E-state index contributed by atoms with van der Waals surface area (Å²) in [6.07, 6.45) is 16.8. The van der Waals surface area contributed by atoms with Gasteiger partial charge in [-0.05, 0) is 32.1 Å². The first kappa shape index (κ1) is 25.7. The quantitative estimate of drug-likeness (QED) is 0.166. The van der Waals surface area contributed by atoms with Gasteiger partial charge < -0.3 is 9.47 Å². The third kappa shape index (κ3) is 17.8. The molecule has 27 heavy (non-hydrogen) atoms. The van der Waals surface area contributed by atoms with Crippen molar-refractivity contribution in [3.8, 4) is 0 Å².